The summed E-state index contributed by atoms with van der Waals surface area (Å²) in [6.45, 7) is 0. The summed E-state index contributed by atoms with van der Waals surface area (Å²) in [6.07, 6.45) is 1.76. The van der Waals surface area contributed by atoms with E-state index in [4.69, 9.17) is 9.57 Å². The molecule has 0 radical (unpaired) electrons. The quantitative estimate of drug-likeness (QED) is 0.941. The van der Waals surface area contributed by atoms with Gasteiger partial charge in [0.25, 0.3) is 5.91 Å². The zero-order valence-electron chi connectivity index (χ0n) is 12.0. The second-order valence-corrected chi connectivity index (χ2v) is 4.78. The Hall–Kier alpha value is -2.89. The highest BCUT2D eigenvalue weighted by molar-refractivity contribution is 6.43. The number of amides is 1. The molecule has 22 heavy (non-hydrogen) atoms. The fourth-order valence-electron chi connectivity index (χ4n) is 2.12. The molecule has 0 saturated carbocycles. The lowest BCUT2D eigenvalue weighted by Crippen LogP contribution is -2.22. The van der Waals surface area contributed by atoms with Crippen molar-refractivity contribution < 1.29 is 14.4 Å². The van der Waals surface area contributed by atoms with Crippen molar-refractivity contribution in [1.29, 1.82) is 0 Å². The summed E-state index contributed by atoms with van der Waals surface area (Å²) in [7, 11) is 1.56. The van der Waals surface area contributed by atoms with Crippen LogP contribution in [0.2, 0.25) is 0 Å². The Kier molecular flexibility index (Phi) is 4.00. The van der Waals surface area contributed by atoms with Gasteiger partial charge in [0.15, 0.2) is 6.10 Å². The minimum atomic E-state index is -0.309. The van der Waals surface area contributed by atoms with Crippen LogP contribution in [0.15, 0.2) is 53.8 Å². The van der Waals surface area contributed by atoms with Crippen LogP contribution in [0.25, 0.3) is 0 Å². The first-order chi connectivity index (χ1) is 10.8. The first kappa shape index (κ1) is 14.1. The van der Waals surface area contributed by atoms with Crippen molar-refractivity contribution in [2.45, 2.75) is 12.5 Å². The molecule has 1 aliphatic heterocycles. The van der Waals surface area contributed by atoms with Gasteiger partial charge in [-0.1, -0.05) is 35.5 Å². The summed E-state index contributed by atoms with van der Waals surface area (Å²) < 4.78 is 5.02. The molecule has 0 saturated heterocycles. The van der Waals surface area contributed by atoms with Crippen LogP contribution in [0.1, 0.15) is 18.1 Å². The molecule has 0 unspecified atom stereocenters. The number of nitrogens with zero attached hydrogens (tertiary/aromatic N) is 2. The summed E-state index contributed by atoms with van der Waals surface area (Å²) in [6, 6.07) is 13.1. The standard InChI is InChI=1S/C16H15N3O3/c1-21-12-7-8-15(17-10-12)18-16(20)13-9-14(22-19-13)11-5-3-2-4-6-11/h2-8,10,14H,9H2,1H3,(H,17,18,20)/t14-/m1/s1. The molecule has 0 fully saturated rings. The third-order valence-electron chi connectivity index (χ3n) is 3.32. The number of carbonyl (C=O) groups is 1. The van der Waals surface area contributed by atoms with Crippen LogP contribution >= 0.6 is 0 Å². The van der Waals surface area contributed by atoms with E-state index >= 15 is 0 Å². The number of aromatic nitrogens is 1. The third-order valence-corrected chi connectivity index (χ3v) is 3.32. The van der Waals surface area contributed by atoms with Crippen molar-refractivity contribution in [2.75, 3.05) is 12.4 Å². The number of oxime groups is 1. The van der Waals surface area contributed by atoms with E-state index in [2.05, 4.69) is 15.5 Å². The molecule has 6 heteroatoms. The van der Waals surface area contributed by atoms with Gasteiger partial charge in [-0.25, -0.2) is 4.98 Å². The Balaban J connectivity index is 1.61. The van der Waals surface area contributed by atoms with Crippen LogP contribution in [-0.4, -0.2) is 23.7 Å². The number of carbonyl (C=O) groups excluding carboxylic acids is 1. The molecule has 2 heterocycles. The molecule has 0 aliphatic carbocycles. The molecular formula is C16H15N3O3. The Morgan fingerprint density at radius 1 is 1.27 bits per heavy atom. The van der Waals surface area contributed by atoms with Crippen LogP contribution in [0.3, 0.4) is 0 Å². The molecule has 1 aromatic heterocycles. The molecule has 1 amide bonds. The maximum Gasteiger partial charge on any atom is 0.274 e. The van der Waals surface area contributed by atoms with Crippen LogP contribution in [0, 0.1) is 0 Å². The molecule has 112 valence electrons. The van der Waals surface area contributed by atoms with E-state index in [1.807, 2.05) is 30.3 Å². The van der Waals surface area contributed by atoms with Gasteiger partial charge in [0.1, 0.15) is 17.3 Å². The van der Waals surface area contributed by atoms with E-state index in [9.17, 15) is 4.79 Å². The maximum atomic E-state index is 12.2. The Morgan fingerprint density at radius 3 is 2.77 bits per heavy atom. The van der Waals surface area contributed by atoms with Crippen molar-refractivity contribution >= 4 is 17.4 Å². The first-order valence-corrected chi connectivity index (χ1v) is 6.85. The molecule has 1 N–H and O–H groups in total. The van der Waals surface area contributed by atoms with Gasteiger partial charge in [-0.2, -0.15) is 0 Å². The lowest BCUT2D eigenvalue weighted by molar-refractivity contribution is -0.110. The highest BCUT2D eigenvalue weighted by Gasteiger charge is 2.27. The largest absolute Gasteiger partial charge is 0.495 e. The van der Waals surface area contributed by atoms with Gasteiger partial charge in [0.2, 0.25) is 0 Å². The SMILES string of the molecule is COc1ccc(NC(=O)C2=NO[C@@H](c3ccccc3)C2)nc1. The monoisotopic (exact) mass is 297 g/mol. The summed E-state index contributed by atoms with van der Waals surface area (Å²) in [4.78, 5) is 21.6. The number of methoxy groups -OCH3 is 1. The third kappa shape index (κ3) is 3.06. The number of benzene rings is 1. The number of ether oxygens (including phenoxy) is 1. The lowest BCUT2D eigenvalue weighted by atomic mass is 10.0. The van der Waals surface area contributed by atoms with Gasteiger partial charge in [-0.15, -0.1) is 0 Å². The van der Waals surface area contributed by atoms with Gasteiger partial charge in [-0.05, 0) is 17.7 Å². The van der Waals surface area contributed by atoms with Crippen molar-refractivity contribution in [3.8, 4) is 5.75 Å². The zero-order valence-corrected chi connectivity index (χ0v) is 12.0. The second-order valence-electron chi connectivity index (χ2n) is 4.78. The molecule has 1 aliphatic rings. The Morgan fingerprint density at radius 2 is 2.09 bits per heavy atom. The lowest BCUT2D eigenvalue weighted by Gasteiger charge is -2.07. The van der Waals surface area contributed by atoms with Gasteiger partial charge >= 0.3 is 0 Å². The average Bonchev–Trinajstić information content (AvgIpc) is 3.06. The van der Waals surface area contributed by atoms with Crippen LogP contribution in [0.4, 0.5) is 5.82 Å². The summed E-state index contributed by atoms with van der Waals surface area (Å²) in [5.41, 5.74) is 1.35. The van der Waals surface area contributed by atoms with Crippen molar-refractivity contribution in [3.63, 3.8) is 0 Å². The zero-order chi connectivity index (χ0) is 15.4. The molecule has 1 aromatic carbocycles. The van der Waals surface area contributed by atoms with Gasteiger partial charge in [0, 0.05) is 6.42 Å². The van der Waals surface area contributed by atoms with Gasteiger partial charge in [0.05, 0.1) is 13.3 Å². The minimum absolute atomic E-state index is 0.217. The number of rotatable bonds is 4. The van der Waals surface area contributed by atoms with Crippen molar-refractivity contribution in [1.82, 2.24) is 4.98 Å². The number of pyridine rings is 1. The number of hydrogen-bond acceptors (Lipinski definition) is 5. The van der Waals surface area contributed by atoms with E-state index in [1.165, 1.54) is 6.20 Å². The van der Waals surface area contributed by atoms with Crippen molar-refractivity contribution in [2.24, 2.45) is 5.16 Å². The van der Waals surface area contributed by atoms with Crippen LogP contribution in [-0.2, 0) is 9.63 Å². The maximum absolute atomic E-state index is 12.2. The van der Waals surface area contributed by atoms with Gasteiger partial charge < -0.3 is 14.9 Å². The van der Waals surface area contributed by atoms with Crippen LogP contribution in [0.5, 0.6) is 5.75 Å². The molecule has 2 aromatic rings. The van der Waals surface area contributed by atoms with E-state index in [0.717, 1.165) is 5.56 Å². The van der Waals surface area contributed by atoms with E-state index < -0.39 is 0 Å². The second kappa shape index (κ2) is 6.26. The normalized spacial score (nSPS) is 16.6. The average molecular weight is 297 g/mol. The van der Waals surface area contributed by atoms with E-state index in [0.29, 0.717) is 23.7 Å². The van der Waals surface area contributed by atoms with Crippen LogP contribution < -0.4 is 10.1 Å². The fraction of sp³-hybridized carbons (Fsp3) is 0.188. The topological polar surface area (TPSA) is 72.8 Å². The van der Waals surface area contributed by atoms with E-state index in [-0.39, 0.29) is 12.0 Å². The molecule has 3 rings (SSSR count). The molecule has 1 atom stereocenters. The van der Waals surface area contributed by atoms with Crippen molar-refractivity contribution in [3.05, 3.63) is 54.2 Å². The summed E-state index contributed by atoms with van der Waals surface area (Å²) in [5, 5.41) is 6.57. The first-order valence-electron chi connectivity index (χ1n) is 6.85. The predicted octanol–water partition coefficient (Wildman–Crippen LogP) is 2.55. The molecule has 0 spiro atoms. The highest BCUT2D eigenvalue weighted by Crippen LogP contribution is 2.27. The summed E-state index contributed by atoms with van der Waals surface area (Å²) in [5.74, 6) is 0.761. The fourth-order valence-corrected chi connectivity index (χ4v) is 2.12. The summed E-state index contributed by atoms with van der Waals surface area (Å²) >= 11 is 0. The number of hydrogen-bond donors (Lipinski definition) is 1. The smallest absolute Gasteiger partial charge is 0.274 e. The number of anilines is 1. The minimum Gasteiger partial charge on any atom is -0.495 e. The van der Waals surface area contributed by atoms with E-state index in [1.54, 1.807) is 19.2 Å². The Bertz CT molecular complexity index is 684. The molecule has 6 nitrogen and oxygen atoms in total. The predicted molar refractivity (Wildman–Crippen MR) is 81.7 cm³/mol. The number of nitrogens with one attached hydrogen (secondary N) is 1. The Labute approximate surface area is 127 Å². The highest BCUT2D eigenvalue weighted by atomic mass is 16.6. The molecule has 0 bridgehead atoms. The molecular weight excluding hydrogens is 282 g/mol. The van der Waals surface area contributed by atoms with Gasteiger partial charge in [-0.3, -0.25) is 4.79 Å².